The highest BCUT2D eigenvalue weighted by atomic mass is 16.4. The molecule has 0 amide bonds. The Hall–Kier alpha value is -1.55. The Labute approximate surface area is 101 Å². The average molecular weight is 234 g/mol. The van der Waals surface area contributed by atoms with Gasteiger partial charge < -0.3 is 15.3 Å². The minimum Gasteiger partial charge on any atom is -0.481 e. The van der Waals surface area contributed by atoms with Crippen LogP contribution >= 0.6 is 0 Å². The molecule has 0 spiro atoms. The lowest BCUT2D eigenvalue weighted by molar-refractivity contribution is -0.137. The number of nitrogens with zero attached hydrogens (tertiary/aromatic N) is 1. The lowest BCUT2D eigenvalue weighted by atomic mass is 10.0. The van der Waals surface area contributed by atoms with Gasteiger partial charge in [0.25, 0.3) is 0 Å². The van der Waals surface area contributed by atoms with E-state index in [0.29, 0.717) is 6.04 Å². The first-order valence-electron chi connectivity index (χ1n) is 5.94. The first-order chi connectivity index (χ1) is 8.18. The van der Waals surface area contributed by atoms with Crippen molar-refractivity contribution in [2.75, 3.05) is 18.0 Å². The van der Waals surface area contributed by atoms with Crippen LogP contribution in [-0.4, -0.2) is 36.2 Å². The molecule has 92 valence electrons. The Bertz CT molecular complexity index is 380. The number of para-hydroxylation sites is 1. The van der Waals surface area contributed by atoms with E-state index in [1.165, 1.54) is 0 Å². The third kappa shape index (κ3) is 2.77. The van der Waals surface area contributed by atoms with E-state index in [9.17, 15) is 4.79 Å². The number of carboxylic acid groups (broad SMARTS) is 1. The molecule has 17 heavy (non-hydrogen) atoms. The molecule has 0 saturated carbocycles. The molecule has 0 aliphatic carbocycles. The molecule has 2 N–H and O–H groups in total. The molecule has 0 unspecified atom stereocenters. The average Bonchev–Trinajstić information content (AvgIpc) is 2.29. The summed E-state index contributed by atoms with van der Waals surface area (Å²) < 4.78 is 0. The SMILES string of the molecule is C[C@H]1CNC[C@@H](CC(=O)O)N1c1ccccc1. The molecule has 1 heterocycles. The predicted molar refractivity (Wildman–Crippen MR) is 67.3 cm³/mol. The highest BCUT2D eigenvalue weighted by molar-refractivity contribution is 5.69. The van der Waals surface area contributed by atoms with Crippen molar-refractivity contribution >= 4 is 11.7 Å². The maximum absolute atomic E-state index is 10.9. The van der Waals surface area contributed by atoms with E-state index in [0.717, 1.165) is 18.8 Å². The van der Waals surface area contributed by atoms with Crippen molar-refractivity contribution in [2.45, 2.75) is 25.4 Å². The molecule has 4 nitrogen and oxygen atoms in total. The number of carboxylic acids is 1. The summed E-state index contributed by atoms with van der Waals surface area (Å²) >= 11 is 0. The Kier molecular flexibility index (Phi) is 3.64. The van der Waals surface area contributed by atoms with Crippen LogP contribution in [0.5, 0.6) is 0 Å². The lowest BCUT2D eigenvalue weighted by Gasteiger charge is -2.42. The second-order valence-electron chi connectivity index (χ2n) is 4.50. The van der Waals surface area contributed by atoms with Crippen LogP contribution in [0.4, 0.5) is 5.69 Å². The number of benzene rings is 1. The summed E-state index contributed by atoms with van der Waals surface area (Å²) in [5.41, 5.74) is 1.10. The molecule has 0 radical (unpaired) electrons. The van der Waals surface area contributed by atoms with Crippen LogP contribution in [-0.2, 0) is 4.79 Å². The summed E-state index contributed by atoms with van der Waals surface area (Å²) in [6.07, 6.45) is 0.173. The van der Waals surface area contributed by atoms with Crippen LogP contribution in [0.2, 0.25) is 0 Å². The summed E-state index contributed by atoms with van der Waals surface area (Å²) in [5, 5.41) is 12.2. The third-order valence-corrected chi connectivity index (χ3v) is 3.15. The first-order valence-corrected chi connectivity index (χ1v) is 5.94. The number of hydrogen-bond acceptors (Lipinski definition) is 3. The molecular weight excluding hydrogens is 216 g/mol. The van der Waals surface area contributed by atoms with E-state index < -0.39 is 5.97 Å². The van der Waals surface area contributed by atoms with Crippen molar-refractivity contribution in [2.24, 2.45) is 0 Å². The van der Waals surface area contributed by atoms with E-state index in [4.69, 9.17) is 5.11 Å². The highest BCUT2D eigenvalue weighted by Gasteiger charge is 2.29. The fourth-order valence-electron chi connectivity index (χ4n) is 2.45. The summed E-state index contributed by atoms with van der Waals surface area (Å²) in [5.74, 6) is -0.744. The molecular formula is C13H18N2O2. The van der Waals surface area contributed by atoms with Crippen LogP contribution < -0.4 is 10.2 Å². The fourth-order valence-corrected chi connectivity index (χ4v) is 2.45. The maximum atomic E-state index is 10.9. The minimum absolute atomic E-state index is 0.0265. The van der Waals surface area contributed by atoms with Gasteiger partial charge in [0, 0.05) is 24.8 Å². The largest absolute Gasteiger partial charge is 0.481 e. The van der Waals surface area contributed by atoms with E-state index >= 15 is 0 Å². The molecule has 4 heteroatoms. The first kappa shape index (κ1) is 11.9. The number of rotatable bonds is 3. The topological polar surface area (TPSA) is 52.6 Å². The molecule has 0 aromatic heterocycles. The molecule has 1 fully saturated rings. The zero-order valence-corrected chi connectivity index (χ0v) is 9.97. The Balaban J connectivity index is 2.22. The molecule has 1 aromatic carbocycles. The van der Waals surface area contributed by atoms with Crippen molar-refractivity contribution < 1.29 is 9.90 Å². The quantitative estimate of drug-likeness (QED) is 0.828. The monoisotopic (exact) mass is 234 g/mol. The summed E-state index contributed by atoms with van der Waals surface area (Å²) in [4.78, 5) is 13.1. The number of hydrogen-bond donors (Lipinski definition) is 2. The van der Waals surface area contributed by atoms with Crippen LogP contribution in [0.3, 0.4) is 0 Å². The van der Waals surface area contributed by atoms with Crippen LogP contribution in [0.15, 0.2) is 30.3 Å². The number of nitrogens with one attached hydrogen (secondary N) is 1. The maximum Gasteiger partial charge on any atom is 0.305 e. The molecule has 1 aliphatic heterocycles. The van der Waals surface area contributed by atoms with Crippen LogP contribution in [0, 0.1) is 0 Å². The molecule has 0 bridgehead atoms. The second-order valence-corrected chi connectivity index (χ2v) is 4.50. The summed E-state index contributed by atoms with van der Waals surface area (Å²) in [6, 6.07) is 10.4. The standard InChI is InChI=1S/C13H18N2O2/c1-10-8-14-9-12(7-13(16)17)15(10)11-5-3-2-4-6-11/h2-6,10,12,14H,7-9H2,1H3,(H,16,17)/t10-,12+/m0/s1. The van der Waals surface area contributed by atoms with Crippen molar-refractivity contribution in [3.63, 3.8) is 0 Å². The summed E-state index contributed by atoms with van der Waals surface area (Å²) in [7, 11) is 0. The van der Waals surface area contributed by atoms with Gasteiger partial charge in [0.15, 0.2) is 0 Å². The molecule has 2 rings (SSSR count). The van der Waals surface area contributed by atoms with Gasteiger partial charge in [-0.05, 0) is 19.1 Å². The molecule has 1 aliphatic rings. The second kappa shape index (κ2) is 5.19. The molecule has 1 aromatic rings. The number of anilines is 1. The van der Waals surface area contributed by atoms with Gasteiger partial charge in [-0.15, -0.1) is 0 Å². The van der Waals surface area contributed by atoms with Gasteiger partial charge in [0.1, 0.15) is 0 Å². The highest BCUT2D eigenvalue weighted by Crippen LogP contribution is 2.23. The number of aliphatic carboxylic acids is 1. The van der Waals surface area contributed by atoms with Gasteiger partial charge in [-0.25, -0.2) is 0 Å². The zero-order chi connectivity index (χ0) is 12.3. The number of carbonyl (C=O) groups is 1. The van der Waals surface area contributed by atoms with Gasteiger partial charge in [-0.1, -0.05) is 18.2 Å². The minimum atomic E-state index is -0.744. The van der Waals surface area contributed by atoms with Gasteiger partial charge >= 0.3 is 5.97 Å². The van der Waals surface area contributed by atoms with Crippen LogP contribution in [0.25, 0.3) is 0 Å². The van der Waals surface area contributed by atoms with Crippen molar-refractivity contribution in [3.05, 3.63) is 30.3 Å². The van der Waals surface area contributed by atoms with Crippen molar-refractivity contribution in [3.8, 4) is 0 Å². The van der Waals surface area contributed by atoms with Crippen molar-refractivity contribution in [1.82, 2.24) is 5.32 Å². The fraction of sp³-hybridized carbons (Fsp3) is 0.462. The van der Waals surface area contributed by atoms with Crippen molar-refractivity contribution in [1.29, 1.82) is 0 Å². The van der Waals surface area contributed by atoms with Gasteiger partial charge in [-0.2, -0.15) is 0 Å². The van der Waals surface area contributed by atoms with E-state index in [1.54, 1.807) is 0 Å². The Morgan fingerprint density at radius 3 is 2.76 bits per heavy atom. The van der Waals surface area contributed by atoms with E-state index in [1.807, 2.05) is 30.3 Å². The number of piperazine rings is 1. The smallest absolute Gasteiger partial charge is 0.305 e. The predicted octanol–water partition coefficient (Wildman–Crippen LogP) is 1.33. The molecule has 1 saturated heterocycles. The van der Waals surface area contributed by atoms with Gasteiger partial charge in [0.05, 0.1) is 12.5 Å². The summed E-state index contributed by atoms with van der Waals surface area (Å²) in [6.45, 7) is 3.74. The lowest BCUT2D eigenvalue weighted by Crippen LogP contribution is -2.57. The van der Waals surface area contributed by atoms with E-state index in [2.05, 4.69) is 17.1 Å². The van der Waals surface area contributed by atoms with Crippen LogP contribution in [0.1, 0.15) is 13.3 Å². The zero-order valence-electron chi connectivity index (χ0n) is 9.97. The van der Waals surface area contributed by atoms with Gasteiger partial charge in [-0.3, -0.25) is 4.79 Å². The molecule has 2 atom stereocenters. The Morgan fingerprint density at radius 2 is 2.12 bits per heavy atom. The van der Waals surface area contributed by atoms with Gasteiger partial charge in [0.2, 0.25) is 0 Å². The Morgan fingerprint density at radius 1 is 1.41 bits per heavy atom. The normalized spacial score (nSPS) is 24.6. The third-order valence-electron chi connectivity index (χ3n) is 3.15. The van der Waals surface area contributed by atoms with E-state index in [-0.39, 0.29) is 12.5 Å².